The normalized spacial score (nSPS) is 13.4. The lowest BCUT2D eigenvalue weighted by atomic mass is 9.80. The van der Waals surface area contributed by atoms with E-state index in [0.717, 1.165) is 6.07 Å². The quantitative estimate of drug-likeness (QED) is 0.919. The number of nitrogens with zero attached hydrogens (tertiary/aromatic N) is 2. The number of pyridine rings is 1. The topological polar surface area (TPSA) is 56.9 Å². The summed E-state index contributed by atoms with van der Waals surface area (Å²) < 4.78 is 27.4. The number of aliphatic hydroxyl groups is 1. The van der Waals surface area contributed by atoms with Crippen molar-refractivity contribution in [2.24, 2.45) is 0 Å². The number of aliphatic hydroxyl groups excluding tert-OH is 1. The molecule has 1 N–H and O–H groups in total. The molecule has 5 heteroatoms. The molecule has 0 spiro atoms. The van der Waals surface area contributed by atoms with Crippen LogP contribution in [-0.4, -0.2) is 16.7 Å². The monoisotopic (exact) mass is 288 g/mol. The van der Waals surface area contributed by atoms with Crippen LogP contribution in [0, 0.1) is 23.0 Å². The molecule has 0 aliphatic heterocycles. The molecule has 2 rings (SSSR count). The van der Waals surface area contributed by atoms with Gasteiger partial charge in [0.05, 0.1) is 12.0 Å². The van der Waals surface area contributed by atoms with Crippen LogP contribution in [0.2, 0.25) is 0 Å². The van der Waals surface area contributed by atoms with E-state index in [1.807, 2.05) is 0 Å². The molecule has 2 aromatic rings. The zero-order chi connectivity index (χ0) is 15.2. The van der Waals surface area contributed by atoms with Crippen molar-refractivity contribution in [1.29, 1.82) is 5.26 Å². The average Bonchev–Trinajstić information content (AvgIpc) is 2.51. The highest BCUT2D eigenvalue weighted by Crippen LogP contribution is 2.36. The molecule has 0 saturated heterocycles. The molecule has 0 amide bonds. The molecule has 3 nitrogen and oxygen atoms in total. The number of nitriles is 1. The largest absolute Gasteiger partial charge is 0.396 e. The molecule has 1 heterocycles. The first-order chi connectivity index (χ1) is 10.2. The number of halogens is 2. The molecule has 0 fully saturated rings. The molecule has 0 aliphatic rings. The standard InChI is InChI=1S/C16H14F2N2O/c17-15-5-1-4-13(16(15)18)12(6-8-21)14(9-19)11-3-2-7-20-10-11/h1-5,7,10,12,14,21H,6,8H2/t12-,14-/m0/s1. The van der Waals surface area contributed by atoms with Gasteiger partial charge in [0.15, 0.2) is 11.6 Å². The molecule has 0 bridgehead atoms. The minimum Gasteiger partial charge on any atom is -0.396 e. The lowest BCUT2D eigenvalue weighted by Gasteiger charge is -2.22. The molecule has 21 heavy (non-hydrogen) atoms. The van der Waals surface area contributed by atoms with Crippen LogP contribution in [0.5, 0.6) is 0 Å². The van der Waals surface area contributed by atoms with Crippen LogP contribution in [0.1, 0.15) is 29.4 Å². The van der Waals surface area contributed by atoms with Crippen molar-refractivity contribution in [3.8, 4) is 6.07 Å². The van der Waals surface area contributed by atoms with Crippen LogP contribution in [0.15, 0.2) is 42.7 Å². The molecule has 2 atom stereocenters. The maximum absolute atomic E-state index is 14.0. The van der Waals surface area contributed by atoms with Gasteiger partial charge in [-0.1, -0.05) is 18.2 Å². The Bertz CT molecular complexity index is 640. The summed E-state index contributed by atoms with van der Waals surface area (Å²) in [6.07, 6.45) is 3.25. The highest BCUT2D eigenvalue weighted by molar-refractivity contribution is 5.32. The summed E-state index contributed by atoms with van der Waals surface area (Å²) in [5.74, 6) is -3.28. The Hall–Kier alpha value is -2.32. The van der Waals surface area contributed by atoms with Gasteiger partial charge in [-0.2, -0.15) is 5.26 Å². The van der Waals surface area contributed by atoms with Crippen LogP contribution >= 0.6 is 0 Å². The van der Waals surface area contributed by atoms with Crippen molar-refractivity contribution in [1.82, 2.24) is 4.98 Å². The van der Waals surface area contributed by atoms with Gasteiger partial charge in [0.1, 0.15) is 0 Å². The fourth-order valence-corrected chi connectivity index (χ4v) is 2.40. The summed E-state index contributed by atoms with van der Waals surface area (Å²) >= 11 is 0. The number of benzene rings is 1. The second kappa shape index (κ2) is 6.91. The maximum Gasteiger partial charge on any atom is 0.162 e. The van der Waals surface area contributed by atoms with E-state index < -0.39 is 23.5 Å². The third kappa shape index (κ3) is 3.23. The molecule has 108 valence electrons. The number of aromatic nitrogens is 1. The van der Waals surface area contributed by atoms with Crippen LogP contribution in [0.3, 0.4) is 0 Å². The molecule has 1 aromatic heterocycles. The van der Waals surface area contributed by atoms with Crippen molar-refractivity contribution in [2.45, 2.75) is 18.3 Å². The summed E-state index contributed by atoms with van der Waals surface area (Å²) in [5.41, 5.74) is 0.710. The van der Waals surface area contributed by atoms with E-state index in [1.54, 1.807) is 18.3 Å². The van der Waals surface area contributed by atoms with Crippen molar-refractivity contribution in [3.63, 3.8) is 0 Å². The first-order valence-electron chi connectivity index (χ1n) is 6.53. The van der Waals surface area contributed by atoms with E-state index >= 15 is 0 Å². The molecule has 0 unspecified atom stereocenters. The van der Waals surface area contributed by atoms with E-state index in [2.05, 4.69) is 11.1 Å². The van der Waals surface area contributed by atoms with Gasteiger partial charge >= 0.3 is 0 Å². The molecular formula is C16H14F2N2O. The lowest BCUT2D eigenvalue weighted by molar-refractivity contribution is 0.270. The Kier molecular flexibility index (Phi) is 4.96. The van der Waals surface area contributed by atoms with E-state index in [1.165, 1.54) is 18.3 Å². The highest BCUT2D eigenvalue weighted by atomic mass is 19.2. The van der Waals surface area contributed by atoms with E-state index in [4.69, 9.17) is 0 Å². The molecule has 0 saturated carbocycles. The van der Waals surface area contributed by atoms with Crippen molar-refractivity contribution >= 4 is 0 Å². The van der Waals surface area contributed by atoms with Crippen LogP contribution in [-0.2, 0) is 0 Å². The molecule has 0 radical (unpaired) electrons. The van der Waals surface area contributed by atoms with Gasteiger partial charge in [0.2, 0.25) is 0 Å². The van der Waals surface area contributed by atoms with Gasteiger partial charge in [-0.15, -0.1) is 0 Å². The van der Waals surface area contributed by atoms with Crippen LogP contribution < -0.4 is 0 Å². The summed E-state index contributed by atoms with van der Waals surface area (Å²) in [4.78, 5) is 3.95. The summed E-state index contributed by atoms with van der Waals surface area (Å²) in [6, 6.07) is 9.37. The Labute approximate surface area is 121 Å². The van der Waals surface area contributed by atoms with E-state index in [9.17, 15) is 19.1 Å². The summed E-state index contributed by atoms with van der Waals surface area (Å²) in [5, 5.41) is 18.6. The van der Waals surface area contributed by atoms with Gasteiger partial charge in [-0.3, -0.25) is 4.98 Å². The smallest absolute Gasteiger partial charge is 0.162 e. The van der Waals surface area contributed by atoms with Gasteiger partial charge < -0.3 is 5.11 Å². The third-order valence-electron chi connectivity index (χ3n) is 3.41. The maximum atomic E-state index is 14.0. The zero-order valence-electron chi connectivity index (χ0n) is 11.2. The second-order valence-corrected chi connectivity index (χ2v) is 4.65. The minimum atomic E-state index is -0.972. The summed E-state index contributed by atoms with van der Waals surface area (Å²) in [7, 11) is 0. The predicted octanol–water partition coefficient (Wildman–Crippen LogP) is 3.13. The third-order valence-corrected chi connectivity index (χ3v) is 3.41. The number of hydrogen-bond acceptors (Lipinski definition) is 3. The van der Waals surface area contributed by atoms with E-state index in [0.29, 0.717) is 5.56 Å². The van der Waals surface area contributed by atoms with E-state index in [-0.39, 0.29) is 18.6 Å². The number of hydrogen-bond donors (Lipinski definition) is 1. The van der Waals surface area contributed by atoms with Gasteiger partial charge in [-0.25, -0.2) is 8.78 Å². The second-order valence-electron chi connectivity index (χ2n) is 4.65. The molecule has 0 aliphatic carbocycles. The highest BCUT2D eigenvalue weighted by Gasteiger charge is 2.28. The van der Waals surface area contributed by atoms with Crippen molar-refractivity contribution in [2.75, 3.05) is 6.61 Å². The van der Waals surface area contributed by atoms with Gasteiger partial charge in [0.25, 0.3) is 0 Å². The molecule has 1 aromatic carbocycles. The van der Waals surface area contributed by atoms with Crippen LogP contribution in [0.4, 0.5) is 8.78 Å². The Morgan fingerprint density at radius 3 is 2.67 bits per heavy atom. The Morgan fingerprint density at radius 2 is 2.05 bits per heavy atom. The van der Waals surface area contributed by atoms with Crippen molar-refractivity contribution < 1.29 is 13.9 Å². The summed E-state index contributed by atoms with van der Waals surface area (Å²) in [6.45, 7) is -0.223. The first kappa shape index (κ1) is 15.1. The lowest BCUT2D eigenvalue weighted by Crippen LogP contribution is -2.14. The fraction of sp³-hybridized carbons (Fsp3) is 0.250. The average molecular weight is 288 g/mol. The zero-order valence-corrected chi connectivity index (χ0v) is 11.2. The minimum absolute atomic E-state index is 0.0967. The predicted molar refractivity (Wildman–Crippen MR) is 73.4 cm³/mol. The molecular weight excluding hydrogens is 274 g/mol. The van der Waals surface area contributed by atoms with Gasteiger partial charge in [-0.05, 0) is 29.7 Å². The number of rotatable bonds is 5. The fourth-order valence-electron chi connectivity index (χ4n) is 2.40. The SMILES string of the molecule is N#C[C@@H](c1cccnc1)[C@@H](CCO)c1cccc(F)c1F. The van der Waals surface area contributed by atoms with Crippen molar-refractivity contribution in [3.05, 3.63) is 65.5 Å². The first-order valence-corrected chi connectivity index (χ1v) is 6.53. The van der Waals surface area contributed by atoms with Gasteiger partial charge in [0, 0.05) is 24.9 Å². The van der Waals surface area contributed by atoms with Crippen LogP contribution in [0.25, 0.3) is 0 Å². The Balaban J connectivity index is 2.47. The Morgan fingerprint density at radius 1 is 1.24 bits per heavy atom.